The van der Waals surface area contributed by atoms with Gasteiger partial charge >= 0.3 is 0 Å². The lowest BCUT2D eigenvalue weighted by atomic mass is 10.1. The number of hydrogen-bond acceptors (Lipinski definition) is 2. The van der Waals surface area contributed by atoms with E-state index in [0.29, 0.717) is 6.54 Å². The van der Waals surface area contributed by atoms with Crippen LogP contribution in [-0.4, -0.2) is 19.2 Å². The molecule has 0 saturated carbocycles. The van der Waals surface area contributed by atoms with Crippen LogP contribution in [0.1, 0.15) is 6.92 Å². The van der Waals surface area contributed by atoms with Crippen molar-refractivity contribution in [2.75, 3.05) is 13.1 Å². The van der Waals surface area contributed by atoms with E-state index in [1.807, 2.05) is 37.3 Å². The molecule has 0 aliphatic heterocycles. The second-order valence-corrected chi connectivity index (χ2v) is 4.65. The zero-order valence-electron chi connectivity index (χ0n) is 11.7. The number of ether oxygens (including phenoxy) is 1. The lowest BCUT2D eigenvalue weighted by Crippen LogP contribution is -2.29. The van der Waals surface area contributed by atoms with E-state index in [1.54, 1.807) is 0 Å². The molecule has 0 aliphatic rings. The van der Waals surface area contributed by atoms with Crippen molar-refractivity contribution in [3.8, 4) is 29.2 Å². The average molecular weight is 265 g/mol. The molecular formula is C18H19NO. The summed E-state index contributed by atoms with van der Waals surface area (Å²) in [4.78, 5) is 0. The molecule has 2 aromatic rings. The molecule has 20 heavy (non-hydrogen) atoms. The van der Waals surface area contributed by atoms with Crippen LogP contribution in [0, 0.1) is 12.3 Å². The molecule has 2 aromatic carbocycles. The summed E-state index contributed by atoms with van der Waals surface area (Å²) >= 11 is 0. The van der Waals surface area contributed by atoms with Gasteiger partial charge in [0.2, 0.25) is 0 Å². The molecule has 102 valence electrons. The van der Waals surface area contributed by atoms with Gasteiger partial charge in [-0.3, -0.25) is 0 Å². The normalized spacial score (nSPS) is 11.6. The standard InChI is InChI=1S/C18H19NO/c1-3-13-19-14-15(2)20-18-11-9-17(10-12-18)16-7-5-4-6-8-16/h1,4-12,15,19H,13-14H2,2H3. The predicted octanol–water partition coefficient (Wildman–Crippen LogP) is 3.34. The Kier molecular flexibility index (Phi) is 5.23. The molecule has 2 rings (SSSR count). The van der Waals surface area contributed by atoms with E-state index in [-0.39, 0.29) is 6.10 Å². The minimum atomic E-state index is 0.0888. The fourth-order valence-electron chi connectivity index (χ4n) is 1.98. The molecule has 0 radical (unpaired) electrons. The number of rotatable bonds is 6. The van der Waals surface area contributed by atoms with Crippen LogP contribution in [-0.2, 0) is 0 Å². The lowest BCUT2D eigenvalue weighted by Gasteiger charge is -2.15. The SMILES string of the molecule is C#CCNCC(C)Oc1ccc(-c2ccccc2)cc1. The summed E-state index contributed by atoms with van der Waals surface area (Å²) in [5.41, 5.74) is 2.40. The lowest BCUT2D eigenvalue weighted by molar-refractivity contribution is 0.219. The van der Waals surface area contributed by atoms with Crippen molar-refractivity contribution in [3.63, 3.8) is 0 Å². The highest BCUT2D eigenvalue weighted by molar-refractivity contribution is 5.63. The van der Waals surface area contributed by atoms with Crippen molar-refractivity contribution >= 4 is 0 Å². The smallest absolute Gasteiger partial charge is 0.119 e. The van der Waals surface area contributed by atoms with E-state index in [4.69, 9.17) is 11.2 Å². The molecular weight excluding hydrogens is 246 g/mol. The van der Waals surface area contributed by atoms with Crippen LogP contribution >= 0.6 is 0 Å². The van der Waals surface area contributed by atoms with E-state index < -0.39 is 0 Å². The monoisotopic (exact) mass is 265 g/mol. The van der Waals surface area contributed by atoms with Gasteiger partial charge in [0, 0.05) is 6.54 Å². The fourth-order valence-corrected chi connectivity index (χ4v) is 1.98. The van der Waals surface area contributed by atoms with Crippen molar-refractivity contribution in [2.24, 2.45) is 0 Å². The first-order valence-corrected chi connectivity index (χ1v) is 6.76. The maximum Gasteiger partial charge on any atom is 0.119 e. The zero-order valence-corrected chi connectivity index (χ0v) is 11.7. The zero-order chi connectivity index (χ0) is 14.2. The summed E-state index contributed by atoms with van der Waals surface area (Å²) in [7, 11) is 0. The summed E-state index contributed by atoms with van der Waals surface area (Å²) in [5, 5.41) is 3.13. The van der Waals surface area contributed by atoms with E-state index in [2.05, 4.69) is 35.5 Å². The Labute approximate surface area is 120 Å². The van der Waals surface area contributed by atoms with E-state index in [0.717, 1.165) is 12.3 Å². The van der Waals surface area contributed by atoms with Crippen LogP contribution in [0.15, 0.2) is 54.6 Å². The maximum absolute atomic E-state index is 5.82. The maximum atomic E-state index is 5.82. The number of terminal acetylenes is 1. The molecule has 0 bridgehead atoms. The van der Waals surface area contributed by atoms with Crippen molar-refractivity contribution in [1.29, 1.82) is 0 Å². The third-order valence-corrected chi connectivity index (χ3v) is 2.96. The number of hydrogen-bond donors (Lipinski definition) is 1. The largest absolute Gasteiger partial charge is 0.489 e. The highest BCUT2D eigenvalue weighted by atomic mass is 16.5. The molecule has 1 unspecified atom stereocenters. The number of benzene rings is 2. The molecule has 0 saturated heterocycles. The molecule has 0 aliphatic carbocycles. The Morgan fingerprint density at radius 1 is 1.05 bits per heavy atom. The van der Waals surface area contributed by atoms with E-state index in [9.17, 15) is 0 Å². The van der Waals surface area contributed by atoms with Gasteiger partial charge in [-0.25, -0.2) is 0 Å². The number of nitrogens with one attached hydrogen (secondary N) is 1. The molecule has 0 fully saturated rings. The Morgan fingerprint density at radius 3 is 2.35 bits per heavy atom. The topological polar surface area (TPSA) is 21.3 Å². The van der Waals surface area contributed by atoms with Gasteiger partial charge in [0.25, 0.3) is 0 Å². The van der Waals surface area contributed by atoms with Crippen molar-refractivity contribution in [1.82, 2.24) is 5.32 Å². The fraction of sp³-hybridized carbons (Fsp3) is 0.222. The summed E-state index contributed by atoms with van der Waals surface area (Å²) in [6.07, 6.45) is 5.27. The summed E-state index contributed by atoms with van der Waals surface area (Å²) in [5.74, 6) is 3.42. The molecule has 0 aromatic heterocycles. The first-order chi connectivity index (χ1) is 9.79. The van der Waals surface area contributed by atoms with Gasteiger partial charge in [-0.2, -0.15) is 0 Å². The molecule has 1 N–H and O–H groups in total. The van der Waals surface area contributed by atoms with Crippen molar-refractivity contribution in [2.45, 2.75) is 13.0 Å². The van der Waals surface area contributed by atoms with Crippen LogP contribution in [0.2, 0.25) is 0 Å². The van der Waals surface area contributed by atoms with Gasteiger partial charge in [0.05, 0.1) is 6.54 Å². The molecule has 0 spiro atoms. The second-order valence-electron chi connectivity index (χ2n) is 4.65. The van der Waals surface area contributed by atoms with Gasteiger partial charge in [-0.15, -0.1) is 6.42 Å². The van der Waals surface area contributed by atoms with Gasteiger partial charge in [-0.05, 0) is 30.2 Å². The van der Waals surface area contributed by atoms with Crippen molar-refractivity contribution < 1.29 is 4.74 Å². The summed E-state index contributed by atoms with van der Waals surface area (Å²) < 4.78 is 5.82. The average Bonchev–Trinajstić information content (AvgIpc) is 2.49. The third-order valence-electron chi connectivity index (χ3n) is 2.96. The Balaban J connectivity index is 1.94. The van der Waals surface area contributed by atoms with Crippen LogP contribution < -0.4 is 10.1 Å². The van der Waals surface area contributed by atoms with E-state index in [1.165, 1.54) is 11.1 Å². The Hall–Kier alpha value is -2.24. The third kappa shape index (κ3) is 4.15. The highest BCUT2D eigenvalue weighted by Crippen LogP contribution is 2.22. The Morgan fingerprint density at radius 2 is 1.70 bits per heavy atom. The molecule has 0 heterocycles. The molecule has 2 heteroatoms. The van der Waals surface area contributed by atoms with E-state index >= 15 is 0 Å². The highest BCUT2D eigenvalue weighted by Gasteiger charge is 2.03. The molecule has 1 atom stereocenters. The summed E-state index contributed by atoms with van der Waals surface area (Å²) in [6.45, 7) is 3.33. The quantitative estimate of drug-likeness (QED) is 0.639. The van der Waals surface area contributed by atoms with Crippen molar-refractivity contribution in [3.05, 3.63) is 54.6 Å². The van der Waals surface area contributed by atoms with Crippen LogP contribution in [0.3, 0.4) is 0 Å². The Bertz CT molecular complexity index is 554. The first kappa shape index (κ1) is 14.2. The van der Waals surface area contributed by atoms with Gasteiger partial charge in [-0.1, -0.05) is 48.4 Å². The van der Waals surface area contributed by atoms with Gasteiger partial charge in [0.15, 0.2) is 0 Å². The molecule has 2 nitrogen and oxygen atoms in total. The van der Waals surface area contributed by atoms with Gasteiger partial charge < -0.3 is 10.1 Å². The molecule has 0 amide bonds. The predicted molar refractivity (Wildman–Crippen MR) is 83.7 cm³/mol. The minimum Gasteiger partial charge on any atom is -0.489 e. The van der Waals surface area contributed by atoms with Crippen LogP contribution in [0.4, 0.5) is 0 Å². The first-order valence-electron chi connectivity index (χ1n) is 6.76. The minimum absolute atomic E-state index is 0.0888. The van der Waals surface area contributed by atoms with Gasteiger partial charge in [0.1, 0.15) is 11.9 Å². The van der Waals surface area contributed by atoms with Crippen LogP contribution in [0.5, 0.6) is 5.75 Å². The second kappa shape index (κ2) is 7.37. The van der Waals surface area contributed by atoms with Crippen LogP contribution in [0.25, 0.3) is 11.1 Å². The summed E-state index contributed by atoms with van der Waals surface area (Å²) in [6, 6.07) is 18.5.